The van der Waals surface area contributed by atoms with Crippen LogP contribution >= 0.6 is 0 Å². The number of nitrogens with two attached hydrogens (primary N) is 1. The zero-order valence-corrected chi connectivity index (χ0v) is 9.09. The molecule has 0 unspecified atom stereocenters. The van der Waals surface area contributed by atoms with Crippen LogP contribution in [-0.2, 0) is 6.42 Å². The van der Waals surface area contributed by atoms with Crippen LogP contribution in [0.1, 0.15) is 37.3 Å². The summed E-state index contributed by atoms with van der Waals surface area (Å²) in [4.78, 5) is 0. The molecule has 0 aliphatic heterocycles. The largest absolute Gasteiger partial charge is 0.398 e. The summed E-state index contributed by atoms with van der Waals surface area (Å²) < 4.78 is 0. The maximum Gasteiger partial charge on any atom is 0.0351 e. The van der Waals surface area contributed by atoms with Gasteiger partial charge in [-0.25, -0.2) is 0 Å². The van der Waals surface area contributed by atoms with Crippen molar-refractivity contribution in [3.63, 3.8) is 0 Å². The van der Waals surface area contributed by atoms with Gasteiger partial charge in [-0.3, -0.25) is 0 Å². The first-order chi connectivity index (χ1) is 6.65. The lowest BCUT2D eigenvalue weighted by atomic mass is 9.98. The lowest BCUT2D eigenvalue weighted by Crippen LogP contribution is -1.97. The second-order valence-corrected chi connectivity index (χ2v) is 3.95. The van der Waals surface area contributed by atoms with Gasteiger partial charge in [0.1, 0.15) is 0 Å². The molecule has 0 aliphatic carbocycles. The second-order valence-electron chi connectivity index (χ2n) is 3.95. The summed E-state index contributed by atoms with van der Waals surface area (Å²) in [6, 6.07) is 6.38. The number of hydrogen-bond donors (Lipinski definition) is 1. The van der Waals surface area contributed by atoms with E-state index in [0.717, 1.165) is 18.5 Å². The van der Waals surface area contributed by atoms with Crippen LogP contribution in [-0.4, -0.2) is 0 Å². The van der Waals surface area contributed by atoms with Crippen molar-refractivity contribution in [3.8, 4) is 0 Å². The van der Waals surface area contributed by atoms with Crippen molar-refractivity contribution in [2.45, 2.75) is 32.6 Å². The maximum absolute atomic E-state index is 5.97. The third-order valence-electron chi connectivity index (χ3n) is 2.41. The number of nitrogen functional groups attached to an aromatic ring is 1. The molecule has 0 atom stereocenters. The average Bonchev–Trinajstić information content (AvgIpc) is 2.14. The predicted octanol–water partition coefficient (Wildman–Crippen LogP) is 3.51. The summed E-state index contributed by atoms with van der Waals surface area (Å²) in [6.45, 7) is 8.04. The molecule has 1 aromatic rings. The van der Waals surface area contributed by atoms with E-state index in [2.05, 4.69) is 38.6 Å². The lowest BCUT2D eigenvalue weighted by Gasteiger charge is -2.10. The normalized spacial score (nSPS) is 10.5. The summed E-state index contributed by atoms with van der Waals surface area (Å²) in [5.41, 5.74) is 9.43. The second kappa shape index (κ2) is 4.85. The Labute approximate surface area is 86.6 Å². The van der Waals surface area contributed by atoms with E-state index in [0.29, 0.717) is 5.92 Å². The molecule has 0 aliphatic rings. The summed E-state index contributed by atoms with van der Waals surface area (Å²) in [5, 5.41) is 0. The van der Waals surface area contributed by atoms with Gasteiger partial charge in [-0.15, -0.1) is 6.58 Å². The van der Waals surface area contributed by atoms with Crippen LogP contribution in [0, 0.1) is 0 Å². The minimum atomic E-state index is 0.503. The summed E-state index contributed by atoms with van der Waals surface area (Å²) in [5.74, 6) is 0.503. The Morgan fingerprint density at radius 3 is 2.64 bits per heavy atom. The van der Waals surface area contributed by atoms with Gasteiger partial charge in [0, 0.05) is 5.69 Å². The molecule has 1 aromatic carbocycles. The Bertz CT molecular complexity index is 313. The monoisotopic (exact) mass is 189 g/mol. The van der Waals surface area contributed by atoms with Gasteiger partial charge in [-0.1, -0.05) is 32.1 Å². The molecular weight excluding hydrogens is 170 g/mol. The summed E-state index contributed by atoms with van der Waals surface area (Å²) in [6.07, 6.45) is 3.99. The maximum atomic E-state index is 5.97. The summed E-state index contributed by atoms with van der Waals surface area (Å²) >= 11 is 0. The highest BCUT2D eigenvalue weighted by atomic mass is 14.6. The highest BCUT2D eigenvalue weighted by molar-refractivity contribution is 5.50. The van der Waals surface area contributed by atoms with E-state index in [1.165, 1.54) is 11.1 Å². The molecular formula is C13H19N. The fourth-order valence-corrected chi connectivity index (χ4v) is 1.57. The number of anilines is 1. The molecule has 1 heteroatoms. The Morgan fingerprint density at radius 1 is 1.43 bits per heavy atom. The van der Waals surface area contributed by atoms with Gasteiger partial charge >= 0.3 is 0 Å². The zero-order chi connectivity index (χ0) is 10.6. The smallest absolute Gasteiger partial charge is 0.0351 e. The molecule has 0 amide bonds. The quantitative estimate of drug-likeness (QED) is 0.569. The van der Waals surface area contributed by atoms with E-state index in [9.17, 15) is 0 Å². The van der Waals surface area contributed by atoms with Crippen molar-refractivity contribution in [1.82, 2.24) is 0 Å². The zero-order valence-electron chi connectivity index (χ0n) is 9.09. The SMILES string of the molecule is C=CCCc1ccc(C(C)C)c(N)c1. The topological polar surface area (TPSA) is 26.0 Å². The fraction of sp³-hybridized carbons (Fsp3) is 0.385. The Kier molecular flexibility index (Phi) is 3.75. The number of hydrogen-bond acceptors (Lipinski definition) is 1. The van der Waals surface area contributed by atoms with E-state index < -0.39 is 0 Å². The molecule has 0 fully saturated rings. The number of benzene rings is 1. The molecule has 0 radical (unpaired) electrons. The number of rotatable bonds is 4. The van der Waals surface area contributed by atoms with Gasteiger partial charge in [0.05, 0.1) is 0 Å². The van der Waals surface area contributed by atoms with Gasteiger partial charge in [0.15, 0.2) is 0 Å². The molecule has 1 rings (SSSR count). The Hall–Kier alpha value is -1.24. The van der Waals surface area contributed by atoms with Crippen molar-refractivity contribution in [2.75, 3.05) is 5.73 Å². The fourth-order valence-electron chi connectivity index (χ4n) is 1.57. The van der Waals surface area contributed by atoms with Gasteiger partial charge in [-0.05, 0) is 36.0 Å². The molecule has 0 bridgehead atoms. The lowest BCUT2D eigenvalue weighted by molar-refractivity contribution is 0.867. The van der Waals surface area contributed by atoms with Crippen LogP contribution in [0.5, 0.6) is 0 Å². The van der Waals surface area contributed by atoms with Gasteiger partial charge in [0.25, 0.3) is 0 Å². The third-order valence-corrected chi connectivity index (χ3v) is 2.41. The van der Waals surface area contributed by atoms with Gasteiger partial charge in [0.2, 0.25) is 0 Å². The van der Waals surface area contributed by atoms with E-state index in [-0.39, 0.29) is 0 Å². The van der Waals surface area contributed by atoms with Crippen molar-refractivity contribution in [2.24, 2.45) is 0 Å². The van der Waals surface area contributed by atoms with Crippen molar-refractivity contribution in [3.05, 3.63) is 42.0 Å². The van der Waals surface area contributed by atoms with Crippen molar-refractivity contribution in [1.29, 1.82) is 0 Å². The molecule has 14 heavy (non-hydrogen) atoms. The first-order valence-corrected chi connectivity index (χ1v) is 5.14. The minimum Gasteiger partial charge on any atom is -0.398 e. The Morgan fingerprint density at radius 2 is 2.14 bits per heavy atom. The van der Waals surface area contributed by atoms with Crippen LogP contribution in [0.15, 0.2) is 30.9 Å². The highest BCUT2D eigenvalue weighted by Crippen LogP contribution is 2.23. The van der Waals surface area contributed by atoms with Gasteiger partial charge in [-0.2, -0.15) is 0 Å². The molecule has 0 heterocycles. The third kappa shape index (κ3) is 2.63. The first kappa shape index (κ1) is 10.8. The minimum absolute atomic E-state index is 0.503. The average molecular weight is 189 g/mol. The molecule has 2 N–H and O–H groups in total. The van der Waals surface area contributed by atoms with Crippen molar-refractivity contribution >= 4 is 5.69 Å². The van der Waals surface area contributed by atoms with E-state index >= 15 is 0 Å². The van der Waals surface area contributed by atoms with E-state index in [1.807, 2.05) is 6.08 Å². The van der Waals surface area contributed by atoms with E-state index in [4.69, 9.17) is 5.73 Å². The molecule has 1 nitrogen and oxygen atoms in total. The van der Waals surface area contributed by atoms with Crippen LogP contribution in [0.3, 0.4) is 0 Å². The van der Waals surface area contributed by atoms with Crippen LogP contribution < -0.4 is 5.73 Å². The molecule has 0 aromatic heterocycles. The van der Waals surface area contributed by atoms with Crippen LogP contribution in [0.2, 0.25) is 0 Å². The Balaban J connectivity index is 2.83. The molecule has 0 spiro atoms. The summed E-state index contributed by atoms with van der Waals surface area (Å²) in [7, 11) is 0. The standard InChI is InChI=1S/C13H19N/c1-4-5-6-11-7-8-12(10(2)3)13(14)9-11/h4,7-10H,1,5-6,14H2,2-3H3. The van der Waals surface area contributed by atoms with E-state index in [1.54, 1.807) is 0 Å². The first-order valence-electron chi connectivity index (χ1n) is 5.14. The van der Waals surface area contributed by atoms with Crippen molar-refractivity contribution < 1.29 is 0 Å². The number of allylic oxidation sites excluding steroid dienone is 1. The highest BCUT2D eigenvalue weighted by Gasteiger charge is 2.04. The predicted molar refractivity (Wildman–Crippen MR) is 63.5 cm³/mol. The number of aryl methyl sites for hydroxylation is 1. The molecule has 76 valence electrons. The molecule has 0 saturated carbocycles. The van der Waals surface area contributed by atoms with Gasteiger partial charge < -0.3 is 5.73 Å². The molecule has 0 saturated heterocycles. The van der Waals surface area contributed by atoms with Crippen LogP contribution in [0.25, 0.3) is 0 Å². The van der Waals surface area contributed by atoms with Crippen LogP contribution in [0.4, 0.5) is 5.69 Å².